The molecule has 0 spiro atoms. The molecule has 42 heavy (non-hydrogen) atoms. The maximum atomic E-state index is 12.6. The fourth-order valence-corrected chi connectivity index (χ4v) is 6.42. The number of fused-ring (bicyclic) bond motifs is 1. The van der Waals surface area contributed by atoms with Gasteiger partial charge in [-0.3, -0.25) is 9.58 Å². The number of amides is 1. The summed E-state index contributed by atoms with van der Waals surface area (Å²) in [5, 5.41) is 15.4. The van der Waals surface area contributed by atoms with Gasteiger partial charge in [-0.2, -0.15) is 10.4 Å². The average Bonchev–Trinajstić information content (AvgIpc) is 3.55. The number of carbonyl (C=O) groups is 1. The van der Waals surface area contributed by atoms with Crippen molar-refractivity contribution in [1.29, 1.82) is 5.26 Å². The largest absolute Gasteiger partial charge is 0.444 e. The Hall–Kier alpha value is -3.27. The molecule has 1 aliphatic heterocycles. The number of hydrogen-bond donors (Lipinski definition) is 0. The smallest absolute Gasteiger partial charge is 0.410 e. The third-order valence-corrected chi connectivity index (χ3v) is 9.78. The molecule has 2 fully saturated rings. The zero-order valence-corrected chi connectivity index (χ0v) is 26.7. The van der Waals surface area contributed by atoms with E-state index in [9.17, 15) is 10.1 Å². The predicted octanol–water partition coefficient (Wildman–Crippen LogP) is 4.93. The topological polar surface area (TPSA) is 114 Å². The summed E-state index contributed by atoms with van der Waals surface area (Å²) in [6, 6.07) is 5.72. The minimum Gasteiger partial charge on any atom is -0.444 e. The third-order valence-electron chi connectivity index (χ3n) is 8.07. The van der Waals surface area contributed by atoms with E-state index in [1.807, 2.05) is 54.7 Å². The first kappa shape index (κ1) is 28.8. The first-order chi connectivity index (χ1) is 20.3. The van der Waals surface area contributed by atoms with Crippen molar-refractivity contribution in [3.05, 3.63) is 31.0 Å². The van der Waals surface area contributed by atoms with Crippen molar-refractivity contribution in [2.75, 3.05) is 32.8 Å². The molecule has 0 bridgehead atoms. The summed E-state index contributed by atoms with van der Waals surface area (Å²) < 4.78 is 24.0. The van der Waals surface area contributed by atoms with E-state index in [0.717, 1.165) is 47.8 Å². The van der Waals surface area contributed by atoms with E-state index in [1.54, 1.807) is 6.33 Å². The molecule has 0 aromatic carbocycles. The minimum absolute atomic E-state index is 0.218. The molecule has 1 atom stereocenters. The Labute approximate surface area is 250 Å². The van der Waals surface area contributed by atoms with Gasteiger partial charge in [0.15, 0.2) is 0 Å². The Morgan fingerprint density at radius 2 is 2.02 bits per heavy atom. The number of ether oxygens (including phenoxy) is 2. The molecule has 5 rings (SSSR count). The molecule has 1 saturated heterocycles. The van der Waals surface area contributed by atoms with Gasteiger partial charge >= 0.3 is 6.09 Å². The van der Waals surface area contributed by atoms with E-state index in [2.05, 4.69) is 40.6 Å². The molecule has 3 aromatic heterocycles. The van der Waals surface area contributed by atoms with Crippen LogP contribution in [0.2, 0.25) is 25.7 Å². The number of rotatable bonds is 9. The lowest BCUT2D eigenvalue weighted by Gasteiger charge is -2.52. The molecular weight excluding hydrogens is 548 g/mol. The summed E-state index contributed by atoms with van der Waals surface area (Å²) in [6.07, 6.45) is 8.78. The van der Waals surface area contributed by atoms with Gasteiger partial charge in [-0.25, -0.2) is 14.8 Å². The molecule has 0 N–H and O–H groups in total. The van der Waals surface area contributed by atoms with E-state index >= 15 is 0 Å². The Morgan fingerprint density at radius 3 is 2.71 bits per heavy atom. The second-order valence-electron chi connectivity index (χ2n) is 13.7. The van der Waals surface area contributed by atoms with Gasteiger partial charge < -0.3 is 18.9 Å². The van der Waals surface area contributed by atoms with Crippen LogP contribution in [0, 0.1) is 11.3 Å². The SMILES string of the molecule is [2H]C1CN([C@H]2C[C@@](CC#N)(n3cc(-c4ncnc5c4ccn5COCC[Si](C)(C)C)cn3)C2)CCN1C(=O)OC(C)(C)C. The van der Waals surface area contributed by atoms with E-state index < -0.39 is 31.8 Å². The highest BCUT2D eigenvalue weighted by Crippen LogP contribution is 2.45. The molecule has 4 heterocycles. The first-order valence-electron chi connectivity index (χ1n) is 15.3. The van der Waals surface area contributed by atoms with Gasteiger partial charge in [0.1, 0.15) is 24.3 Å². The number of nitrogens with zero attached hydrogens (tertiary/aromatic N) is 8. The second kappa shape index (κ2) is 11.8. The Kier molecular flexibility index (Phi) is 8.09. The number of hydrogen-bond acceptors (Lipinski definition) is 8. The minimum atomic E-state index is -1.15. The van der Waals surface area contributed by atoms with Gasteiger partial charge in [0.25, 0.3) is 0 Å². The molecular formula is C30H44N8O3Si. The van der Waals surface area contributed by atoms with E-state index in [-0.39, 0.29) is 6.04 Å². The maximum Gasteiger partial charge on any atom is 0.410 e. The Balaban J connectivity index is 1.25. The number of piperazine rings is 1. The van der Waals surface area contributed by atoms with Crippen molar-refractivity contribution < 1.29 is 15.6 Å². The molecule has 1 amide bonds. The van der Waals surface area contributed by atoms with Crippen LogP contribution in [0.25, 0.3) is 22.3 Å². The Morgan fingerprint density at radius 1 is 1.24 bits per heavy atom. The van der Waals surface area contributed by atoms with Crippen LogP contribution in [-0.4, -0.2) is 92.7 Å². The lowest BCUT2D eigenvalue weighted by molar-refractivity contribution is -0.0268. The summed E-state index contributed by atoms with van der Waals surface area (Å²) in [5.41, 5.74) is 1.49. The molecule has 2 aliphatic rings. The normalized spacial score (nSPS) is 23.8. The number of nitriles is 1. The monoisotopic (exact) mass is 593 g/mol. The van der Waals surface area contributed by atoms with Gasteiger partial charge in [0.2, 0.25) is 0 Å². The van der Waals surface area contributed by atoms with Crippen LogP contribution >= 0.6 is 0 Å². The molecule has 3 aromatic rings. The standard InChI is InChI=1S/C30H44N8O3Si/c1-29(2,3)41-28(39)36-13-11-35(12-14-36)24-17-30(18-24,8-9-31)38-20-23(19-34-38)26-25-7-10-37(27(25)33-21-32-26)22-40-15-16-42(4,5)6/h7,10,19-21,24H,8,11-18,22H2,1-6H3/t24-,30+/i13D/t13?,24-,30+. The molecule has 12 heteroatoms. The fourth-order valence-electron chi connectivity index (χ4n) is 5.66. The summed E-state index contributed by atoms with van der Waals surface area (Å²) in [4.78, 5) is 25.4. The zero-order chi connectivity index (χ0) is 31.0. The second-order valence-corrected chi connectivity index (χ2v) is 19.4. The van der Waals surface area contributed by atoms with Crippen LogP contribution in [0.1, 0.15) is 41.4 Å². The van der Waals surface area contributed by atoms with Gasteiger partial charge in [0.05, 0.1) is 31.3 Å². The summed E-state index contributed by atoms with van der Waals surface area (Å²) in [6.45, 7) is 14.6. The molecule has 1 aliphatic carbocycles. The van der Waals surface area contributed by atoms with Crippen LogP contribution < -0.4 is 0 Å². The van der Waals surface area contributed by atoms with Crippen molar-refractivity contribution in [2.45, 2.75) is 89.6 Å². The highest BCUT2D eigenvalue weighted by atomic mass is 28.3. The Bertz CT molecular complexity index is 1480. The predicted molar refractivity (Wildman–Crippen MR) is 163 cm³/mol. The van der Waals surface area contributed by atoms with Crippen LogP contribution in [0.5, 0.6) is 0 Å². The van der Waals surface area contributed by atoms with Crippen molar-refractivity contribution >= 4 is 25.2 Å². The van der Waals surface area contributed by atoms with Crippen LogP contribution in [0.3, 0.4) is 0 Å². The van der Waals surface area contributed by atoms with Gasteiger partial charge in [-0.1, -0.05) is 19.6 Å². The average molecular weight is 594 g/mol. The van der Waals surface area contributed by atoms with Crippen molar-refractivity contribution in [3.63, 3.8) is 0 Å². The number of carbonyl (C=O) groups excluding carboxylic acids is 1. The van der Waals surface area contributed by atoms with Gasteiger partial charge in [0, 0.05) is 70.2 Å². The van der Waals surface area contributed by atoms with Gasteiger partial charge in [-0.15, -0.1) is 0 Å². The maximum absolute atomic E-state index is 12.6. The van der Waals surface area contributed by atoms with Gasteiger partial charge in [-0.05, 0) is 45.7 Å². The van der Waals surface area contributed by atoms with Crippen LogP contribution in [0.15, 0.2) is 31.0 Å². The van der Waals surface area contributed by atoms with E-state index in [4.69, 9.17) is 15.9 Å². The highest BCUT2D eigenvalue weighted by molar-refractivity contribution is 6.76. The lowest BCUT2D eigenvalue weighted by Crippen LogP contribution is -2.60. The molecule has 226 valence electrons. The molecule has 1 saturated carbocycles. The third kappa shape index (κ3) is 6.69. The quantitative estimate of drug-likeness (QED) is 0.253. The zero-order valence-electron chi connectivity index (χ0n) is 26.7. The van der Waals surface area contributed by atoms with Crippen LogP contribution in [-0.2, 0) is 21.7 Å². The first-order valence-corrected chi connectivity index (χ1v) is 18.5. The van der Waals surface area contributed by atoms with Crippen molar-refractivity contribution in [1.82, 2.24) is 34.1 Å². The fraction of sp³-hybridized carbons (Fsp3) is 0.633. The van der Waals surface area contributed by atoms with E-state index in [1.165, 1.54) is 4.90 Å². The summed E-state index contributed by atoms with van der Waals surface area (Å²) in [7, 11) is -1.15. The van der Waals surface area contributed by atoms with Crippen molar-refractivity contribution in [3.8, 4) is 17.3 Å². The summed E-state index contributed by atoms with van der Waals surface area (Å²) in [5.74, 6) is 0. The number of aromatic nitrogens is 5. The lowest BCUT2D eigenvalue weighted by atomic mass is 9.70. The van der Waals surface area contributed by atoms with Crippen molar-refractivity contribution in [2.24, 2.45) is 0 Å². The molecule has 11 nitrogen and oxygen atoms in total. The molecule has 0 radical (unpaired) electrons. The molecule has 1 unspecified atom stereocenters. The highest BCUT2D eigenvalue weighted by Gasteiger charge is 2.49. The summed E-state index contributed by atoms with van der Waals surface area (Å²) >= 11 is 0. The van der Waals surface area contributed by atoms with E-state index in [0.29, 0.717) is 32.8 Å². The van der Waals surface area contributed by atoms with Crippen LogP contribution in [0.4, 0.5) is 4.79 Å².